The topological polar surface area (TPSA) is 35.5 Å². The Kier molecular flexibility index (Phi) is 6.62. The second kappa shape index (κ2) is 8.71. The summed E-state index contributed by atoms with van der Waals surface area (Å²) in [5.74, 6) is 1.73. The molecule has 3 nitrogen and oxygen atoms in total. The smallest absolute Gasteiger partial charge is 0.321 e. The highest BCUT2D eigenvalue weighted by Gasteiger charge is 2.10. The number of para-hydroxylation sites is 2. The Morgan fingerprint density at radius 3 is 2.64 bits per heavy atom. The maximum absolute atomic E-state index is 11.9. The van der Waals surface area contributed by atoms with Crippen molar-refractivity contribution in [3.8, 4) is 11.5 Å². The highest BCUT2D eigenvalue weighted by atomic mass is 35.5. The van der Waals surface area contributed by atoms with Gasteiger partial charge in [-0.05, 0) is 36.8 Å². The van der Waals surface area contributed by atoms with Gasteiger partial charge in [0.2, 0.25) is 0 Å². The summed E-state index contributed by atoms with van der Waals surface area (Å²) in [6, 6.07) is 14.8. The fraction of sp³-hybridized carbons (Fsp3) is 0.235. The van der Waals surface area contributed by atoms with Gasteiger partial charge in [-0.15, -0.1) is 11.8 Å². The Hall–Kier alpha value is -1.65. The number of esters is 1. The molecule has 0 spiro atoms. The second-order valence-electron chi connectivity index (χ2n) is 4.48. The summed E-state index contributed by atoms with van der Waals surface area (Å²) in [4.78, 5) is 11.9. The summed E-state index contributed by atoms with van der Waals surface area (Å²) in [5.41, 5.74) is 1.08. The molecule has 0 aliphatic heterocycles. The normalized spacial score (nSPS) is 10.3. The predicted octanol–water partition coefficient (Wildman–Crippen LogP) is 4.58. The number of hydrogen-bond donors (Lipinski definition) is 0. The number of thioether (sulfide) groups is 1. The van der Waals surface area contributed by atoms with Gasteiger partial charge >= 0.3 is 5.97 Å². The zero-order valence-electron chi connectivity index (χ0n) is 12.3. The van der Waals surface area contributed by atoms with Crippen molar-refractivity contribution in [2.24, 2.45) is 0 Å². The van der Waals surface area contributed by atoms with Crippen molar-refractivity contribution in [1.29, 1.82) is 0 Å². The number of hydrogen-bond acceptors (Lipinski definition) is 4. The van der Waals surface area contributed by atoms with E-state index in [0.29, 0.717) is 28.9 Å². The first kappa shape index (κ1) is 16.7. The lowest BCUT2D eigenvalue weighted by molar-refractivity contribution is -0.131. The van der Waals surface area contributed by atoms with Crippen LogP contribution < -0.4 is 9.47 Å². The van der Waals surface area contributed by atoms with Crippen molar-refractivity contribution in [2.45, 2.75) is 12.7 Å². The van der Waals surface area contributed by atoms with E-state index in [1.807, 2.05) is 43.3 Å². The van der Waals surface area contributed by atoms with Gasteiger partial charge in [0.05, 0.1) is 12.4 Å². The monoisotopic (exact) mass is 336 g/mol. The minimum atomic E-state index is -0.292. The zero-order valence-corrected chi connectivity index (χ0v) is 13.8. The van der Waals surface area contributed by atoms with E-state index in [2.05, 4.69) is 0 Å². The molecule has 22 heavy (non-hydrogen) atoms. The van der Waals surface area contributed by atoms with E-state index in [-0.39, 0.29) is 11.7 Å². The van der Waals surface area contributed by atoms with Gasteiger partial charge < -0.3 is 9.47 Å². The lowest BCUT2D eigenvalue weighted by Gasteiger charge is -2.10. The molecule has 0 fully saturated rings. The molecule has 0 aliphatic rings. The van der Waals surface area contributed by atoms with Crippen LogP contribution in [0.15, 0.2) is 48.5 Å². The van der Waals surface area contributed by atoms with Crippen LogP contribution in [-0.4, -0.2) is 18.3 Å². The first-order chi connectivity index (χ1) is 10.7. The van der Waals surface area contributed by atoms with Gasteiger partial charge in [-0.25, -0.2) is 0 Å². The van der Waals surface area contributed by atoms with Crippen LogP contribution in [0.2, 0.25) is 5.02 Å². The van der Waals surface area contributed by atoms with Gasteiger partial charge in [-0.3, -0.25) is 4.79 Å². The van der Waals surface area contributed by atoms with Crippen LogP contribution in [0.25, 0.3) is 0 Å². The molecular formula is C17H17ClO3S. The molecule has 2 aromatic rings. The Morgan fingerprint density at radius 2 is 1.91 bits per heavy atom. The molecule has 0 amide bonds. The number of carbonyl (C=O) groups excluding carboxylic acids is 1. The molecule has 0 N–H and O–H groups in total. The van der Waals surface area contributed by atoms with Crippen molar-refractivity contribution in [3.05, 3.63) is 59.1 Å². The van der Waals surface area contributed by atoms with E-state index < -0.39 is 0 Å². The van der Waals surface area contributed by atoms with E-state index in [9.17, 15) is 4.79 Å². The quantitative estimate of drug-likeness (QED) is 0.547. The first-order valence-corrected chi connectivity index (χ1v) is 8.47. The largest absolute Gasteiger partial charge is 0.490 e. The number of halogens is 1. The molecular weight excluding hydrogens is 320 g/mol. The predicted molar refractivity (Wildman–Crippen MR) is 90.9 cm³/mol. The van der Waals surface area contributed by atoms with Gasteiger partial charge in [0.15, 0.2) is 11.5 Å². The fourth-order valence-corrected chi connectivity index (χ4v) is 2.80. The zero-order chi connectivity index (χ0) is 15.8. The lowest BCUT2D eigenvalue weighted by Crippen LogP contribution is -2.11. The van der Waals surface area contributed by atoms with Gasteiger partial charge in [0.1, 0.15) is 0 Å². The van der Waals surface area contributed by atoms with Gasteiger partial charge in [0.25, 0.3) is 0 Å². The van der Waals surface area contributed by atoms with E-state index in [1.165, 1.54) is 11.8 Å². The van der Waals surface area contributed by atoms with Crippen LogP contribution in [-0.2, 0) is 10.5 Å². The van der Waals surface area contributed by atoms with Crippen LogP contribution in [0.3, 0.4) is 0 Å². The summed E-state index contributed by atoms with van der Waals surface area (Å²) in [5, 5.41) is 0.700. The molecule has 0 saturated carbocycles. The third kappa shape index (κ3) is 5.28. The van der Waals surface area contributed by atoms with Crippen LogP contribution in [0.4, 0.5) is 0 Å². The molecule has 0 saturated heterocycles. The number of ether oxygens (including phenoxy) is 2. The molecule has 2 rings (SSSR count). The third-order valence-corrected chi connectivity index (χ3v) is 3.96. The molecule has 0 aromatic heterocycles. The standard InChI is InChI=1S/C17H17ClO3S/c1-2-20-15-8-3-4-9-16(15)21-17(19)12-22-11-13-6-5-7-14(18)10-13/h3-10H,2,11-12H2,1H3. The summed E-state index contributed by atoms with van der Waals surface area (Å²) in [6.07, 6.45) is 0. The Morgan fingerprint density at radius 1 is 1.14 bits per heavy atom. The van der Waals surface area contributed by atoms with E-state index in [1.54, 1.807) is 12.1 Å². The van der Waals surface area contributed by atoms with Gasteiger partial charge in [-0.1, -0.05) is 35.9 Å². The molecule has 116 valence electrons. The average molecular weight is 337 g/mol. The molecule has 0 unspecified atom stereocenters. The minimum absolute atomic E-state index is 0.271. The molecule has 2 aromatic carbocycles. The Labute approximate surface area is 139 Å². The molecule has 0 atom stereocenters. The van der Waals surface area contributed by atoms with E-state index >= 15 is 0 Å². The van der Waals surface area contributed by atoms with Crippen LogP contribution >= 0.6 is 23.4 Å². The van der Waals surface area contributed by atoms with Crippen molar-refractivity contribution in [3.63, 3.8) is 0 Å². The number of carbonyl (C=O) groups is 1. The molecule has 0 radical (unpaired) electrons. The van der Waals surface area contributed by atoms with Crippen molar-refractivity contribution < 1.29 is 14.3 Å². The lowest BCUT2D eigenvalue weighted by atomic mass is 10.2. The van der Waals surface area contributed by atoms with Crippen molar-refractivity contribution in [1.82, 2.24) is 0 Å². The maximum Gasteiger partial charge on any atom is 0.321 e. The average Bonchev–Trinajstić information content (AvgIpc) is 2.49. The molecule has 0 aliphatic carbocycles. The molecule has 0 bridgehead atoms. The van der Waals surface area contributed by atoms with E-state index in [0.717, 1.165) is 5.56 Å². The first-order valence-electron chi connectivity index (χ1n) is 6.93. The Bertz CT molecular complexity index is 631. The summed E-state index contributed by atoms with van der Waals surface area (Å²) in [7, 11) is 0. The van der Waals surface area contributed by atoms with Gasteiger partial charge in [0, 0.05) is 10.8 Å². The summed E-state index contributed by atoms with van der Waals surface area (Å²) < 4.78 is 10.8. The van der Waals surface area contributed by atoms with E-state index in [4.69, 9.17) is 21.1 Å². The fourth-order valence-electron chi connectivity index (χ4n) is 1.84. The Balaban J connectivity index is 1.83. The minimum Gasteiger partial charge on any atom is -0.490 e. The van der Waals surface area contributed by atoms with Crippen LogP contribution in [0, 0.1) is 0 Å². The van der Waals surface area contributed by atoms with Crippen LogP contribution in [0.5, 0.6) is 11.5 Å². The van der Waals surface area contributed by atoms with Crippen molar-refractivity contribution in [2.75, 3.05) is 12.4 Å². The van der Waals surface area contributed by atoms with Crippen molar-refractivity contribution >= 4 is 29.3 Å². The third-order valence-electron chi connectivity index (χ3n) is 2.75. The highest BCUT2D eigenvalue weighted by molar-refractivity contribution is 7.99. The number of rotatable bonds is 7. The second-order valence-corrected chi connectivity index (χ2v) is 5.90. The summed E-state index contributed by atoms with van der Waals surface area (Å²) in [6.45, 7) is 2.41. The highest BCUT2D eigenvalue weighted by Crippen LogP contribution is 2.27. The van der Waals surface area contributed by atoms with Crippen LogP contribution in [0.1, 0.15) is 12.5 Å². The SMILES string of the molecule is CCOc1ccccc1OC(=O)CSCc1cccc(Cl)c1. The molecule has 0 heterocycles. The number of benzene rings is 2. The van der Waals surface area contributed by atoms with Gasteiger partial charge in [-0.2, -0.15) is 0 Å². The molecule has 5 heteroatoms. The summed E-state index contributed by atoms with van der Waals surface area (Å²) >= 11 is 7.41. The maximum atomic E-state index is 11.9.